The van der Waals surface area contributed by atoms with Crippen molar-refractivity contribution in [2.75, 3.05) is 6.54 Å². The average Bonchev–Trinajstić information content (AvgIpc) is 2.82. The number of carbonyl (C=O) groups excluding carboxylic acids is 1. The lowest BCUT2D eigenvalue weighted by Gasteiger charge is -2.09. The summed E-state index contributed by atoms with van der Waals surface area (Å²) < 4.78 is 0. The van der Waals surface area contributed by atoms with Gasteiger partial charge in [-0.15, -0.1) is 6.42 Å². The smallest absolute Gasteiger partial charge is 0.205 e. The van der Waals surface area contributed by atoms with Crippen LogP contribution in [0.2, 0.25) is 0 Å². The minimum atomic E-state index is -0.104. The van der Waals surface area contributed by atoms with E-state index in [1.165, 1.54) is 12.8 Å². The first-order chi connectivity index (χ1) is 5.27. The summed E-state index contributed by atoms with van der Waals surface area (Å²) in [4.78, 5) is 10.8. The monoisotopic (exact) mass is 151 g/mol. The summed E-state index contributed by atoms with van der Waals surface area (Å²) in [5.74, 6) is 3.04. The van der Waals surface area contributed by atoms with Crippen LogP contribution in [0.5, 0.6) is 0 Å². The molecule has 0 saturated heterocycles. The van der Waals surface area contributed by atoms with Crippen molar-refractivity contribution in [2.45, 2.75) is 19.3 Å². The summed E-state index contributed by atoms with van der Waals surface area (Å²) in [7, 11) is 0. The van der Waals surface area contributed by atoms with Gasteiger partial charge in [0.1, 0.15) is 0 Å². The van der Waals surface area contributed by atoms with Gasteiger partial charge >= 0.3 is 0 Å². The number of rotatable bonds is 4. The molecule has 60 valence electrons. The van der Waals surface area contributed by atoms with Crippen molar-refractivity contribution in [3.63, 3.8) is 0 Å². The van der Waals surface area contributed by atoms with Gasteiger partial charge in [-0.1, -0.05) is 0 Å². The van der Waals surface area contributed by atoms with Crippen LogP contribution in [0.3, 0.4) is 0 Å². The van der Waals surface area contributed by atoms with E-state index in [9.17, 15) is 4.79 Å². The molecule has 1 aliphatic carbocycles. The number of Topliss-reactive ketones (excluding diaryl/α,β-unsaturated/α-hetero) is 1. The maximum Gasteiger partial charge on any atom is 0.205 e. The van der Waals surface area contributed by atoms with Crippen LogP contribution in [0.15, 0.2) is 0 Å². The Morgan fingerprint density at radius 3 is 2.73 bits per heavy atom. The fourth-order valence-corrected chi connectivity index (χ4v) is 1.31. The number of ketones is 1. The second-order valence-electron chi connectivity index (χ2n) is 3.10. The van der Waals surface area contributed by atoms with Crippen LogP contribution in [-0.4, -0.2) is 12.3 Å². The van der Waals surface area contributed by atoms with Crippen LogP contribution in [0.1, 0.15) is 19.3 Å². The van der Waals surface area contributed by atoms with Crippen LogP contribution < -0.4 is 5.73 Å². The Morgan fingerprint density at radius 2 is 2.36 bits per heavy atom. The van der Waals surface area contributed by atoms with E-state index in [4.69, 9.17) is 12.2 Å². The van der Waals surface area contributed by atoms with E-state index < -0.39 is 0 Å². The van der Waals surface area contributed by atoms with E-state index in [0.717, 1.165) is 0 Å². The molecule has 1 saturated carbocycles. The molecule has 0 aromatic heterocycles. The molecule has 0 heterocycles. The normalized spacial score (nSPS) is 18.9. The van der Waals surface area contributed by atoms with Crippen LogP contribution in [0.25, 0.3) is 0 Å². The molecule has 2 N–H and O–H groups in total. The molecule has 0 aromatic carbocycles. The molecular weight excluding hydrogens is 138 g/mol. The summed E-state index contributed by atoms with van der Waals surface area (Å²) >= 11 is 0. The largest absolute Gasteiger partial charge is 0.330 e. The predicted molar refractivity (Wildman–Crippen MR) is 43.7 cm³/mol. The van der Waals surface area contributed by atoms with E-state index in [2.05, 4.69) is 5.92 Å². The highest BCUT2D eigenvalue weighted by atomic mass is 16.1. The number of hydrogen-bond donors (Lipinski definition) is 1. The molecule has 1 aliphatic rings. The van der Waals surface area contributed by atoms with Crippen molar-refractivity contribution in [2.24, 2.45) is 17.6 Å². The number of terminal acetylenes is 1. The molecule has 0 spiro atoms. The first-order valence-electron chi connectivity index (χ1n) is 3.97. The third-order valence-electron chi connectivity index (χ3n) is 2.20. The lowest BCUT2D eigenvalue weighted by Crippen LogP contribution is -2.19. The minimum absolute atomic E-state index is 0.104. The average molecular weight is 151 g/mol. The molecule has 1 rings (SSSR count). The number of nitrogens with two attached hydrogens (primary N) is 1. The Morgan fingerprint density at radius 1 is 1.73 bits per heavy atom. The third kappa shape index (κ3) is 2.36. The molecule has 1 fully saturated rings. The summed E-state index contributed by atoms with van der Waals surface area (Å²) in [5.41, 5.74) is 5.50. The summed E-state index contributed by atoms with van der Waals surface area (Å²) in [6.45, 7) is 0.595. The standard InChI is InChI=1S/C9H13NO/c1-2-9(11)5-8(6-10)7-3-4-7/h1,7-8H,3-6,10H2. The highest BCUT2D eigenvalue weighted by molar-refractivity contribution is 5.94. The Bertz CT molecular complexity index is 188. The molecule has 0 aliphatic heterocycles. The van der Waals surface area contributed by atoms with E-state index in [1.807, 2.05) is 0 Å². The molecule has 2 heteroatoms. The fourth-order valence-electron chi connectivity index (χ4n) is 1.31. The Labute approximate surface area is 67.2 Å². The molecule has 0 aromatic rings. The lowest BCUT2D eigenvalue weighted by atomic mass is 9.98. The van der Waals surface area contributed by atoms with Gasteiger partial charge in [0.2, 0.25) is 5.78 Å². The SMILES string of the molecule is C#CC(=O)CC(CN)C1CC1. The highest BCUT2D eigenvalue weighted by Gasteiger charge is 2.30. The first-order valence-corrected chi connectivity index (χ1v) is 3.97. The molecule has 1 atom stereocenters. The summed E-state index contributed by atoms with van der Waals surface area (Å²) in [5, 5.41) is 0. The van der Waals surface area contributed by atoms with E-state index in [-0.39, 0.29) is 5.78 Å². The maximum atomic E-state index is 10.8. The number of carbonyl (C=O) groups is 1. The van der Waals surface area contributed by atoms with Gasteiger partial charge in [-0.2, -0.15) is 0 Å². The van der Waals surface area contributed by atoms with E-state index in [1.54, 1.807) is 0 Å². The first kappa shape index (κ1) is 8.29. The zero-order valence-electron chi connectivity index (χ0n) is 6.55. The predicted octanol–water partition coefficient (Wildman–Crippen LogP) is 0.564. The lowest BCUT2D eigenvalue weighted by molar-refractivity contribution is -0.114. The topological polar surface area (TPSA) is 43.1 Å². The molecule has 2 nitrogen and oxygen atoms in total. The van der Waals surface area contributed by atoms with Crippen molar-refractivity contribution < 1.29 is 4.79 Å². The molecular formula is C9H13NO. The van der Waals surface area contributed by atoms with Gasteiger partial charge in [-0.05, 0) is 37.1 Å². The fraction of sp³-hybridized carbons (Fsp3) is 0.667. The maximum absolute atomic E-state index is 10.8. The van der Waals surface area contributed by atoms with Gasteiger partial charge in [0, 0.05) is 6.42 Å². The molecule has 0 radical (unpaired) electrons. The van der Waals surface area contributed by atoms with Crippen molar-refractivity contribution in [3.05, 3.63) is 0 Å². The summed E-state index contributed by atoms with van der Waals surface area (Å²) in [6, 6.07) is 0. The van der Waals surface area contributed by atoms with Crippen molar-refractivity contribution in [1.29, 1.82) is 0 Å². The van der Waals surface area contributed by atoms with Gasteiger partial charge in [0.15, 0.2) is 0 Å². The van der Waals surface area contributed by atoms with Crippen molar-refractivity contribution in [1.82, 2.24) is 0 Å². The summed E-state index contributed by atoms with van der Waals surface area (Å²) in [6.07, 6.45) is 7.88. The quantitative estimate of drug-likeness (QED) is 0.471. The van der Waals surface area contributed by atoms with Gasteiger partial charge in [0.25, 0.3) is 0 Å². The van der Waals surface area contributed by atoms with Crippen LogP contribution >= 0.6 is 0 Å². The Kier molecular flexibility index (Phi) is 2.67. The Balaban J connectivity index is 2.32. The van der Waals surface area contributed by atoms with Gasteiger partial charge in [-0.3, -0.25) is 4.79 Å². The van der Waals surface area contributed by atoms with E-state index in [0.29, 0.717) is 24.8 Å². The Hall–Kier alpha value is -0.810. The molecule has 0 bridgehead atoms. The number of hydrogen-bond acceptors (Lipinski definition) is 2. The zero-order chi connectivity index (χ0) is 8.27. The van der Waals surface area contributed by atoms with Gasteiger partial charge in [-0.25, -0.2) is 0 Å². The molecule has 0 amide bonds. The van der Waals surface area contributed by atoms with Crippen molar-refractivity contribution >= 4 is 5.78 Å². The van der Waals surface area contributed by atoms with Crippen LogP contribution in [0, 0.1) is 24.2 Å². The van der Waals surface area contributed by atoms with E-state index >= 15 is 0 Å². The molecule has 11 heavy (non-hydrogen) atoms. The third-order valence-corrected chi connectivity index (χ3v) is 2.20. The zero-order valence-corrected chi connectivity index (χ0v) is 6.55. The van der Waals surface area contributed by atoms with Crippen molar-refractivity contribution in [3.8, 4) is 12.3 Å². The van der Waals surface area contributed by atoms with Gasteiger partial charge in [0.05, 0.1) is 0 Å². The second kappa shape index (κ2) is 3.54. The second-order valence-corrected chi connectivity index (χ2v) is 3.10. The van der Waals surface area contributed by atoms with Crippen LogP contribution in [-0.2, 0) is 4.79 Å². The highest BCUT2D eigenvalue weighted by Crippen LogP contribution is 2.37. The minimum Gasteiger partial charge on any atom is -0.330 e. The van der Waals surface area contributed by atoms with Gasteiger partial charge < -0.3 is 5.73 Å². The van der Waals surface area contributed by atoms with Crippen LogP contribution in [0.4, 0.5) is 0 Å². The molecule has 1 unspecified atom stereocenters.